The Kier molecular flexibility index (Phi) is 5.34. The molecule has 21 heavy (non-hydrogen) atoms. The number of carbonyl (C=O) groups excluding carboxylic acids is 1. The first-order valence-electron chi connectivity index (χ1n) is 5.11. The minimum atomic E-state index is -5.10. The lowest BCUT2D eigenvalue weighted by Gasteiger charge is -2.11. The van der Waals surface area contributed by atoms with Crippen molar-refractivity contribution in [3.05, 3.63) is 10.3 Å². The molecule has 6 nitrogen and oxygen atoms in total. The number of halogens is 4. The highest BCUT2D eigenvalue weighted by molar-refractivity contribution is 8.10. The number of esters is 1. The molecule has 12 heteroatoms. The van der Waals surface area contributed by atoms with E-state index in [9.17, 15) is 26.4 Å². The average molecular weight is 369 g/mol. The van der Waals surface area contributed by atoms with E-state index in [1.807, 2.05) is 0 Å². The van der Waals surface area contributed by atoms with Crippen molar-refractivity contribution in [3.8, 4) is 11.5 Å². The molecule has 0 saturated heterocycles. The first kappa shape index (κ1) is 17.9. The molecule has 0 aliphatic carbocycles. The summed E-state index contributed by atoms with van der Waals surface area (Å²) in [5.74, 6) is -3.05. The highest BCUT2D eigenvalue weighted by atomic mass is 35.7. The van der Waals surface area contributed by atoms with E-state index in [0.29, 0.717) is 11.3 Å². The van der Waals surface area contributed by atoms with Crippen LogP contribution in [0.15, 0.2) is 5.38 Å². The lowest BCUT2D eigenvalue weighted by atomic mass is 10.4. The molecule has 120 valence electrons. The summed E-state index contributed by atoms with van der Waals surface area (Å²) in [6.07, 6.45) is -5.68. The molecule has 0 aliphatic heterocycles. The van der Waals surface area contributed by atoms with Gasteiger partial charge in [0.2, 0.25) is 5.75 Å². The maximum atomic E-state index is 12.2. The monoisotopic (exact) mass is 368 g/mol. The molecule has 0 N–H and O–H groups in total. The molecule has 0 saturated carbocycles. The fourth-order valence-electron chi connectivity index (χ4n) is 1.11. The van der Waals surface area contributed by atoms with Crippen molar-refractivity contribution in [2.24, 2.45) is 0 Å². The van der Waals surface area contributed by atoms with Crippen LogP contribution in [0, 0.1) is 0 Å². The van der Waals surface area contributed by atoms with Crippen LogP contribution in [0.2, 0.25) is 0 Å². The van der Waals surface area contributed by atoms with Crippen LogP contribution in [0.1, 0.15) is 23.5 Å². The highest BCUT2D eigenvalue weighted by Gasteiger charge is 2.36. The van der Waals surface area contributed by atoms with Crippen molar-refractivity contribution in [1.82, 2.24) is 0 Å². The van der Waals surface area contributed by atoms with E-state index in [1.54, 1.807) is 0 Å². The number of ether oxygens (including phenoxy) is 2. The summed E-state index contributed by atoms with van der Waals surface area (Å²) in [5, 5.41) is 0.752. The molecule has 0 unspecified atom stereocenters. The van der Waals surface area contributed by atoms with Crippen LogP contribution in [-0.4, -0.2) is 26.9 Å². The van der Waals surface area contributed by atoms with Gasteiger partial charge in [0.1, 0.15) is 0 Å². The van der Waals surface area contributed by atoms with Crippen LogP contribution in [0.4, 0.5) is 13.2 Å². The molecule has 0 amide bonds. The second-order valence-corrected chi connectivity index (χ2v) is 6.70. The standard InChI is InChI=1S/C9H8ClF3O6S2/c1-4(2)17-8(14)7-6(19-21(10,15)16)5(3-20-7)18-9(11,12)13/h3-4H,1-2H3. The summed E-state index contributed by atoms with van der Waals surface area (Å²) >= 11 is 0.460. The van der Waals surface area contributed by atoms with Gasteiger partial charge in [-0.2, -0.15) is 8.42 Å². The van der Waals surface area contributed by atoms with Crippen molar-refractivity contribution in [2.75, 3.05) is 0 Å². The largest absolute Gasteiger partial charge is 0.573 e. The van der Waals surface area contributed by atoms with Crippen LogP contribution >= 0.6 is 22.0 Å². The fraction of sp³-hybridized carbons (Fsp3) is 0.444. The second kappa shape index (κ2) is 6.28. The lowest BCUT2D eigenvalue weighted by Crippen LogP contribution is -2.18. The van der Waals surface area contributed by atoms with E-state index in [0.717, 1.165) is 5.38 Å². The predicted octanol–water partition coefficient (Wildman–Crippen LogP) is 3.07. The molecular formula is C9H8ClF3O6S2. The van der Waals surface area contributed by atoms with Crippen molar-refractivity contribution < 1.29 is 40.0 Å². The topological polar surface area (TPSA) is 78.9 Å². The van der Waals surface area contributed by atoms with Crippen molar-refractivity contribution in [1.29, 1.82) is 0 Å². The van der Waals surface area contributed by atoms with Gasteiger partial charge in [-0.25, -0.2) is 4.79 Å². The Hall–Kier alpha value is -1.20. The third-order valence-corrected chi connectivity index (χ3v) is 3.12. The minimum Gasteiger partial charge on any atom is -0.459 e. The molecule has 0 radical (unpaired) electrons. The van der Waals surface area contributed by atoms with Gasteiger partial charge in [0.25, 0.3) is 0 Å². The average Bonchev–Trinajstić information content (AvgIpc) is 2.55. The van der Waals surface area contributed by atoms with Gasteiger partial charge < -0.3 is 13.7 Å². The number of rotatable bonds is 5. The molecule has 0 atom stereocenters. The molecule has 1 rings (SSSR count). The van der Waals surface area contributed by atoms with Crippen molar-refractivity contribution >= 4 is 37.3 Å². The van der Waals surface area contributed by atoms with Crippen LogP contribution in [0.25, 0.3) is 0 Å². The molecule has 1 aromatic rings. The zero-order chi connectivity index (χ0) is 16.4. The molecular weight excluding hydrogens is 361 g/mol. The molecule has 0 aliphatic rings. The van der Waals surface area contributed by atoms with Crippen LogP contribution in [0.5, 0.6) is 11.5 Å². The third kappa shape index (κ3) is 5.98. The van der Waals surface area contributed by atoms with Gasteiger partial charge in [-0.05, 0) is 13.8 Å². The van der Waals surface area contributed by atoms with E-state index in [4.69, 9.17) is 15.4 Å². The van der Waals surface area contributed by atoms with E-state index in [1.165, 1.54) is 13.8 Å². The van der Waals surface area contributed by atoms with Crippen LogP contribution < -0.4 is 8.92 Å². The Bertz CT molecular complexity index is 622. The summed E-state index contributed by atoms with van der Waals surface area (Å²) in [6.45, 7) is 2.99. The van der Waals surface area contributed by atoms with E-state index in [-0.39, 0.29) is 0 Å². The van der Waals surface area contributed by atoms with Crippen LogP contribution in [0.3, 0.4) is 0 Å². The predicted molar refractivity (Wildman–Crippen MR) is 67.0 cm³/mol. The van der Waals surface area contributed by atoms with Crippen LogP contribution in [-0.2, 0) is 14.1 Å². The van der Waals surface area contributed by atoms with E-state index < -0.39 is 44.1 Å². The molecule has 0 spiro atoms. The third-order valence-electron chi connectivity index (χ3n) is 1.65. The van der Waals surface area contributed by atoms with Gasteiger partial charge in [-0.3, -0.25) is 0 Å². The molecule has 1 heterocycles. The Labute approximate surface area is 126 Å². The summed E-state index contributed by atoms with van der Waals surface area (Å²) < 4.78 is 70.8. The Morgan fingerprint density at radius 2 is 1.95 bits per heavy atom. The molecule has 0 aromatic carbocycles. The van der Waals surface area contributed by atoms with Gasteiger partial charge in [0.15, 0.2) is 10.6 Å². The lowest BCUT2D eigenvalue weighted by molar-refractivity contribution is -0.274. The van der Waals surface area contributed by atoms with Gasteiger partial charge in [0.05, 0.1) is 16.8 Å². The Balaban J connectivity index is 3.22. The molecule has 0 fully saturated rings. The van der Waals surface area contributed by atoms with E-state index >= 15 is 0 Å². The van der Waals surface area contributed by atoms with Crippen molar-refractivity contribution in [3.63, 3.8) is 0 Å². The Morgan fingerprint density at radius 1 is 1.38 bits per heavy atom. The number of hydrogen-bond donors (Lipinski definition) is 0. The quantitative estimate of drug-likeness (QED) is 0.587. The second-order valence-electron chi connectivity index (χ2n) is 3.74. The zero-order valence-electron chi connectivity index (χ0n) is 10.4. The summed E-state index contributed by atoms with van der Waals surface area (Å²) in [6, 6.07) is 0. The summed E-state index contributed by atoms with van der Waals surface area (Å²) in [4.78, 5) is 11.2. The normalized spacial score (nSPS) is 12.3. The first-order chi connectivity index (χ1) is 9.39. The number of alkyl halides is 3. The Morgan fingerprint density at radius 3 is 2.38 bits per heavy atom. The van der Waals surface area contributed by atoms with E-state index in [2.05, 4.69) is 8.92 Å². The van der Waals surface area contributed by atoms with Gasteiger partial charge in [-0.15, -0.1) is 24.5 Å². The SMILES string of the molecule is CC(C)OC(=O)c1scc(OC(F)(F)F)c1OS(=O)(=O)Cl. The smallest absolute Gasteiger partial charge is 0.459 e. The van der Waals surface area contributed by atoms with Crippen molar-refractivity contribution in [2.45, 2.75) is 26.3 Å². The number of carbonyl (C=O) groups is 1. The maximum absolute atomic E-state index is 12.2. The molecule has 1 aromatic heterocycles. The minimum absolute atomic E-state index is 0.460. The van der Waals surface area contributed by atoms with Gasteiger partial charge in [0, 0.05) is 5.38 Å². The first-order valence-corrected chi connectivity index (χ1v) is 8.22. The molecule has 0 bridgehead atoms. The van der Waals surface area contributed by atoms with Gasteiger partial charge in [-0.1, -0.05) is 0 Å². The highest BCUT2D eigenvalue weighted by Crippen LogP contribution is 2.41. The fourth-order valence-corrected chi connectivity index (χ4v) is 2.49. The summed E-state index contributed by atoms with van der Waals surface area (Å²) in [7, 11) is 0.130. The summed E-state index contributed by atoms with van der Waals surface area (Å²) in [5.41, 5.74) is 0. The number of thiophene rings is 1. The number of hydrogen-bond acceptors (Lipinski definition) is 7. The van der Waals surface area contributed by atoms with Gasteiger partial charge >= 0.3 is 21.7 Å². The maximum Gasteiger partial charge on any atom is 0.573 e. The zero-order valence-corrected chi connectivity index (χ0v) is 12.8.